The van der Waals surface area contributed by atoms with Crippen molar-refractivity contribution in [3.63, 3.8) is 0 Å². The first-order valence-electron chi connectivity index (χ1n) is 6.73. The minimum atomic E-state index is -0.214. The fourth-order valence-electron chi connectivity index (χ4n) is 2.18. The molecule has 0 fully saturated rings. The number of carbonyl (C=O) groups is 1. The van der Waals surface area contributed by atoms with Crippen LogP contribution in [0.15, 0.2) is 23.7 Å². The van der Waals surface area contributed by atoms with Crippen LogP contribution in [0.3, 0.4) is 0 Å². The predicted octanol–water partition coefficient (Wildman–Crippen LogP) is 2.69. The molecule has 1 amide bonds. The van der Waals surface area contributed by atoms with Crippen LogP contribution in [0.25, 0.3) is 17.1 Å². The van der Waals surface area contributed by atoms with Crippen molar-refractivity contribution in [3.8, 4) is 0 Å². The average Bonchev–Trinajstić information content (AvgIpc) is 3.01. The zero-order valence-electron chi connectivity index (χ0n) is 12.5. The molecule has 3 aromatic heterocycles. The minimum absolute atomic E-state index is 0.214. The van der Waals surface area contributed by atoms with Gasteiger partial charge in [-0.15, -0.1) is 11.3 Å². The van der Waals surface area contributed by atoms with Gasteiger partial charge in [-0.1, -0.05) is 0 Å². The summed E-state index contributed by atoms with van der Waals surface area (Å²) < 4.78 is 1.72. The van der Waals surface area contributed by atoms with E-state index in [4.69, 9.17) is 0 Å². The van der Waals surface area contributed by atoms with Gasteiger partial charge in [-0.05, 0) is 26.0 Å². The number of aryl methyl sites for hydroxylation is 3. The summed E-state index contributed by atoms with van der Waals surface area (Å²) in [4.78, 5) is 20.5. The number of hydrogen-bond donors (Lipinski definition) is 1. The highest BCUT2D eigenvalue weighted by Crippen LogP contribution is 2.19. The fourth-order valence-corrected chi connectivity index (χ4v) is 2.76. The van der Waals surface area contributed by atoms with Crippen molar-refractivity contribution < 1.29 is 4.79 Å². The molecule has 0 spiro atoms. The van der Waals surface area contributed by atoms with E-state index in [9.17, 15) is 4.79 Å². The molecule has 0 saturated carbocycles. The predicted molar refractivity (Wildman–Crippen MR) is 87.8 cm³/mol. The Bertz CT molecular complexity index is 877. The number of nitrogens with one attached hydrogen (secondary N) is 1. The summed E-state index contributed by atoms with van der Waals surface area (Å²) in [7, 11) is 1.85. The van der Waals surface area contributed by atoms with Gasteiger partial charge >= 0.3 is 0 Å². The molecule has 0 bridgehead atoms. The molecule has 0 radical (unpaired) electrons. The quantitative estimate of drug-likeness (QED) is 0.755. The van der Waals surface area contributed by atoms with Crippen LogP contribution >= 0.6 is 11.3 Å². The van der Waals surface area contributed by atoms with Gasteiger partial charge in [0, 0.05) is 23.9 Å². The van der Waals surface area contributed by atoms with E-state index in [1.54, 1.807) is 28.3 Å². The van der Waals surface area contributed by atoms with Crippen molar-refractivity contribution in [1.82, 2.24) is 19.7 Å². The molecule has 0 saturated heterocycles. The fraction of sp³-hybridized carbons (Fsp3) is 0.200. The number of fused-ring (bicyclic) bond motifs is 1. The van der Waals surface area contributed by atoms with Gasteiger partial charge in [0.2, 0.25) is 5.91 Å². The first-order valence-corrected chi connectivity index (χ1v) is 7.61. The first-order chi connectivity index (χ1) is 10.5. The van der Waals surface area contributed by atoms with Gasteiger partial charge in [-0.3, -0.25) is 9.48 Å². The van der Waals surface area contributed by atoms with Crippen LogP contribution in [0.1, 0.15) is 16.4 Å². The smallest absolute Gasteiger partial charge is 0.248 e. The number of hydrogen-bond acceptors (Lipinski definition) is 5. The number of carbonyl (C=O) groups excluding carboxylic acids is 1. The van der Waals surface area contributed by atoms with E-state index < -0.39 is 0 Å². The molecular formula is C15H15N5OS. The van der Waals surface area contributed by atoms with Gasteiger partial charge in [-0.2, -0.15) is 5.10 Å². The molecule has 6 nitrogen and oxygen atoms in total. The lowest BCUT2D eigenvalue weighted by Gasteiger charge is -2.02. The third-order valence-electron chi connectivity index (χ3n) is 3.17. The van der Waals surface area contributed by atoms with E-state index in [1.807, 2.05) is 32.3 Å². The zero-order valence-corrected chi connectivity index (χ0v) is 13.3. The molecule has 0 aliphatic carbocycles. The lowest BCUT2D eigenvalue weighted by atomic mass is 10.2. The molecule has 112 valence electrons. The summed E-state index contributed by atoms with van der Waals surface area (Å²) in [6.07, 6.45) is 4.79. The topological polar surface area (TPSA) is 72.7 Å². The summed E-state index contributed by atoms with van der Waals surface area (Å²) in [6, 6.07) is 1.88. The number of anilines is 1. The van der Waals surface area contributed by atoms with Crippen LogP contribution < -0.4 is 5.32 Å². The number of rotatable bonds is 3. The van der Waals surface area contributed by atoms with Gasteiger partial charge in [0.25, 0.3) is 0 Å². The number of nitrogens with zero attached hydrogens (tertiary/aromatic N) is 4. The molecule has 0 atom stereocenters. The van der Waals surface area contributed by atoms with Crippen molar-refractivity contribution >= 4 is 40.0 Å². The Labute approximate surface area is 131 Å². The van der Waals surface area contributed by atoms with Gasteiger partial charge in [-0.25, -0.2) is 9.97 Å². The summed E-state index contributed by atoms with van der Waals surface area (Å²) in [5, 5.41) is 10.9. The third kappa shape index (κ3) is 2.89. The van der Waals surface area contributed by atoms with Crippen molar-refractivity contribution in [2.75, 3.05) is 5.32 Å². The Kier molecular flexibility index (Phi) is 3.72. The molecule has 1 N–H and O–H groups in total. The van der Waals surface area contributed by atoms with E-state index in [2.05, 4.69) is 20.4 Å². The van der Waals surface area contributed by atoms with Crippen molar-refractivity contribution in [1.29, 1.82) is 0 Å². The number of pyridine rings is 1. The Hall–Kier alpha value is -2.54. The van der Waals surface area contributed by atoms with Gasteiger partial charge in [0.05, 0.1) is 28.3 Å². The lowest BCUT2D eigenvalue weighted by Crippen LogP contribution is -2.08. The summed E-state index contributed by atoms with van der Waals surface area (Å²) in [5.74, 6) is -0.214. The minimum Gasteiger partial charge on any atom is -0.321 e. The molecule has 0 aliphatic heterocycles. The molecular weight excluding hydrogens is 298 g/mol. The van der Waals surface area contributed by atoms with Crippen LogP contribution in [0.5, 0.6) is 0 Å². The summed E-state index contributed by atoms with van der Waals surface area (Å²) >= 11 is 1.55. The number of amides is 1. The van der Waals surface area contributed by atoms with Crippen molar-refractivity contribution in [2.45, 2.75) is 13.8 Å². The van der Waals surface area contributed by atoms with Crippen molar-refractivity contribution in [2.24, 2.45) is 7.05 Å². The standard InChI is InChI=1S/C15H15N5OS/c1-9-13-6-12(7-16-15(13)20(3)19-9)18-14(21)5-4-11-8-22-10(2)17-11/h4-8H,1-3H3,(H,18,21)/b5-4+. The summed E-state index contributed by atoms with van der Waals surface area (Å²) in [5.41, 5.74) is 3.11. The highest BCUT2D eigenvalue weighted by molar-refractivity contribution is 7.09. The van der Waals surface area contributed by atoms with Gasteiger partial charge < -0.3 is 5.32 Å². The van der Waals surface area contributed by atoms with E-state index in [0.29, 0.717) is 5.69 Å². The molecule has 3 heterocycles. The zero-order chi connectivity index (χ0) is 15.7. The van der Waals surface area contributed by atoms with Gasteiger partial charge in [0.1, 0.15) is 0 Å². The molecule has 0 aliphatic rings. The highest BCUT2D eigenvalue weighted by atomic mass is 32.1. The maximum absolute atomic E-state index is 11.9. The maximum Gasteiger partial charge on any atom is 0.248 e. The van der Waals surface area contributed by atoms with E-state index in [0.717, 1.165) is 27.4 Å². The molecule has 7 heteroatoms. The second-order valence-corrected chi connectivity index (χ2v) is 5.98. The largest absolute Gasteiger partial charge is 0.321 e. The van der Waals surface area contributed by atoms with E-state index in [1.165, 1.54) is 6.08 Å². The van der Waals surface area contributed by atoms with Crippen LogP contribution in [-0.4, -0.2) is 25.7 Å². The lowest BCUT2D eigenvalue weighted by molar-refractivity contribution is -0.111. The first kappa shape index (κ1) is 14.4. The number of aromatic nitrogens is 4. The average molecular weight is 313 g/mol. The Morgan fingerprint density at radius 1 is 1.41 bits per heavy atom. The van der Waals surface area contributed by atoms with Crippen molar-refractivity contribution in [3.05, 3.63) is 40.1 Å². The molecule has 22 heavy (non-hydrogen) atoms. The highest BCUT2D eigenvalue weighted by Gasteiger charge is 2.08. The van der Waals surface area contributed by atoms with Crippen LogP contribution in [-0.2, 0) is 11.8 Å². The normalized spacial score (nSPS) is 11.4. The Morgan fingerprint density at radius 2 is 2.23 bits per heavy atom. The second kappa shape index (κ2) is 5.69. The van der Waals surface area contributed by atoms with Gasteiger partial charge in [0.15, 0.2) is 5.65 Å². The SMILES string of the molecule is Cc1nc(/C=C/C(=O)Nc2cnc3c(c2)c(C)nn3C)cs1. The molecule has 3 aromatic rings. The maximum atomic E-state index is 11.9. The van der Waals surface area contributed by atoms with E-state index in [-0.39, 0.29) is 5.91 Å². The Balaban J connectivity index is 1.76. The van der Waals surface area contributed by atoms with Crippen LogP contribution in [0, 0.1) is 13.8 Å². The van der Waals surface area contributed by atoms with Crippen LogP contribution in [0.2, 0.25) is 0 Å². The number of thiazole rings is 1. The summed E-state index contributed by atoms with van der Waals surface area (Å²) in [6.45, 7) is 3.85. The Morgan fingerprint density at radius 3 is 2.95 bits per heavy atom. The van der Waals surface area contributed by atoms with E-state index >= 15 is 0 Å². The van der Waals surface area contributed by atoms with Crippen LogP contribution in [0.4, 0.5) is 5.69 Å². The third-order valence-corrected chi connectivity index (χ3v) is 3.96. The monoisotopic (exact) mass is 313 g/mol. The molecule has 0 aromatic carbocycles. The second-order valence-electron chi connectivity index (χ2n) is 4.92. The molecule has 0 unspecified atom stereocenters. The molecule has 3 rings (SSSR count).